The van der Waals surface area contributed by atoms with Crippen molar-refractivity contribution >= 4 is 0 Å². The summed E-state index contributed by atoms with van der Waals surface area (Å²) in [6.45, 7) is 3.85. The molecule has 1 aromatic rings. The van der Waals surface area contributed by atoms with Crippen LogP contribution in [0.5, 0.6) is 11.5 Å². The minimum Gasteiger partial charge on any atom is -0.507 e. The Bertz CT molecular complexity index is 489. The lowest BCUT2D eigenvalue weighted by Crippen LogP contribution is -2.47. The van der Waals surface area contributed by atoms with Crippen LogP contribution in [0.25, 0.3) is 0 Å². The minimum absolute atomic E-state index is 0.0104. The third-order valence-corrected chi connectivity index (χ3v) is 4.50. The normalized spacial score (nSPS) is 24.3. The number of hydrogen-bond acceptors (Lipinski definition) is 3. The van der Waals surface area contributed by atoms with Crippen molar-refractivity contribution in [2.24, 2.45) is 0 Å². The van der Waals surface area contributed by atoms with Gasteiger partial charge in [-0.25, -0.2) is 0 Å². The van der Waals surface area contributed by atoms with Gasteiger partial charge in [-0.05, 0) is 44.7 Å². The lowest BCUT2D eigenvalue weighted by molar-refractivity contribution is -0.0772. The standard InChI is InChI=1S/C15H20O3/c1-9-7-11-13(10(2)14(9)16)12(17-3)8-15(18-11)5-4-6-15/h7,12,16H,4-6,8H2,1-3H3. The zero-order valence-corrected chi connectivity index (χ0v) is 11.2. The zero-order chi connectivity index (χ0) is 12.9. The number of phenolic OH excluding ortho intramolecular Hbond substituents is 1. The third kappa shape index (κ3) is 1.53. The largest absolute Gasteiger partial charge is 0.507 e. The molecule has 3 nitrogen and oxygen atoms in total. The number of aryl methyl sites for hydroxylation is 1. The van der Waals surface area contributed by atoms with Gasteiger partial charge in [0.2, 0.25) is 0 Å². The number of methoxy groups -OCH3 is 1. The molecule has 1 fully saturated rings. The Balaban J connectivity index is 2.11. The Kier molecular flexibility index (Phi) is 2.56. The van der Waals surface area contributed by atoms with Crippen molar-refractivity contribution in [1.29, 1.82) is 0 Å². The van der Waals surface area contributed by atoms with Gasteiger partial charge in [0, 0.05) is 24.7 Å². The van der Waals surface area contributed by atoms with Gasteiger partial charge >= 0.3 is 0 Å². The highest BCUT2D eigenvalue weighted by molar-refractivity contribution is 5.54. The van der Waals surface area contributed by atoms with Crippen LogP contribution < -0.4 is 4.74 Å². The molecule has 2 aliphatic rings. The molecule has 98 valence electrons. The Morgan fingerprint density at radius 1 is 1.39 bits per heavy atom. The van der Waals surface area contributed by atoms with E-state index in [0.29, 0.717) is 5.75 Å². The molecule has 1 atom stereocenters. The maximum Gasteiger partial charge on any atom is 0.126 e. The average Bonchev–Trinajstić information content (AvgIpc) is 2.32. The molecule has 0 radical (unpaired) electrons. The Morgan fingerprint density at radius 2 is 2.11 bits per heavy atom. The van der Waals surface area contributed by atoms with Crippen molar-refractivity contribution in [2.45, 2.75) is 51.2 Å². The second-order valence-electron chi connectivity index (χ2n) is 5.65. The summed E-state index contributed by atoms with van der Waals surface area (Å²) in [4.78, 5) is 0. The molecule has 1 unspecified atom stereocenters. The SMILES string of the molecule is COC1CC2(CCC2)Oc2cc(C)c(O)c(C)c21. The summed E-state index contributed by atoms with van der Waals surface area (Å²) >= 11 is 0. The van der Waals surface area contributed by atoms with E-state index >= 15 is 0 Å². The maximum atomic E-state index is 10.1. The van der Waals surface area contributed by atoms with Gasteiger partial charge in [0.05, 0.1) is 6.10 Å². The Hall–Kier alpha value is -1.22. The summed E-state index contributed by atoms with van der Waals surface area (Å²) < 4.78 is 11.8. The number of ether oxygens (including phenoxy) is 2. The van der Waals surface area contributed by atoms with E-state index in [1.54, 1.807) is 7.11 Å². The van der Waals surface area contributed by atoms with Crippen LogP contribution in [0.4, 0.5) is 0 Å². The first kappa shape index (κ1) is 11.8. The van der Waals surface area contributed by atoms with E-state index in [0.717, 1.165) is 41.7 Å². The quantitative estimate of drug-likeness (QED) is 0.827. The minimum atomic E-state index is -0.0104. The summed E-state index contributed by atoms with van der Waals surface area (Å²) in [5, 5.41) is 10.1. The van der Waals surface area contributed by atoms with Crippen LogP contribution >= 0.6 is 0 Å². The van der Waals surface area contributed by atoms with Crippen LogP contribution in [0.2, 0.25) is 0 Å². The average molecular weight is 248 g/mol. The molecule has 1 heterocycles. The molecule has 3 rings (SSSR count). The van der Waals surface area contributed by atoms with Gasteiger partial charge in [-0.15, -0.1) is 0 Å². The van der Waals surface area contributed by atoms with Crippen molar-refractivity contribution in [2.75, 3.05) is 7.11 Å². The van der Waals surface area contributed by atoms with Crippen LogP contribution in [-0.2, 0) is 4.74 Å². The first-order chi connectivity index (χ1) is 8.56. The fraction of sp³-hybridized carbons (Fsp3) is 0.600. The molecule has 1 N–H and O–H groups in total. The van der Waals surface area contributed by atoms with Crippen LogP contribution in [0, 0.1) is 13.8 Å². The molecule has 1 aliphatic carbocycles. The number of benzene rings is 1. The van der Waals surface area contributed by atoms with Crippen LogP contribution in [-0.4, -0.2) is 17.8 Å². The van der Waals surface area contributed by atoms with E-state index in [1.165, 1.54) is 6.42 Å². The topological polar surface area (TPSA) is 38.7 Å². The molecule has 3 heteroatoms. The van der Waals surface area contributed by atoms with E-state index in [2.05, 4.69) is 0 Å². The van der Waals surface area contributed by atoms with Gasteiger partial charge in [0.15, 0.2) is 0 Å². The second-order valence-corrected chi connectivity index (χ2v) is 5.65. The molecule has 1 aliphatic heterocycles. The van der Waals surface area contributed by atoms with Crippen molar-refractivity contribution in [3.63, 3.8) is 0 Å². The monoisotopic (exact) mass is 248 g/mol. The lowest BCUT2D eigenvalue weighted by atomic mass is 9.73. The van der Waals surface area contributed by atoms with Gasteiger partial charge in [-0.2, -0.15) is 0 Å². The van der Waals surface area contributed by atoms with Crippen molar-refractivity contribution in [3.05, 3.63) is 22.8 Å². The fourth-order valence-electron chi connectivity index (χ4n) is 3.23. The van der Waals surface area contributed by atoms with Gasteiger partial charge < -0.3 is 14.6 Å². The number of phenols is 1. The molecular formula is C15H20O3. The lowest BCUT2D eigenvalue weighted by Gasteiger charge is -2.48. The van der Waals surface area contributed by atoms with Gasteiger partial charge in [-0.3, -0.25) is 0 Å². The summed E-state index contributed by atoms with van der Waals surface area (Å²) in [6, 6.07) is 1.95. The van der Waals surface area contributed by atoms with Crippen molar-refractivity contribution < 1.29 is 14.6 Å². The highest BCUT2D eigenvalue weighted by atomic mass is 16.5. The van der Waals surface area contributed by atoms with Gasteiger partial charge in [-0.1, -0.05) is 0 Å². The number of fused-ring (bicyclic) bond motifs is 1. The number of aromatic hydroxyl groups is 1. The molecule has 0 bridgehead atoms. The van der Waals surface area contributed by atoms with E-state index in [1.807, 2.05) is 19.9 Å². The third-order valence-electron chi connectivity index (χ3n) is 4.50. The van der Waals surface area contributed by atoms with E-state index in [-0.39, 0.29) is 11.7 Å². The summed E-state index contributed by atoms with van der Waals surface area (Å²) in [5.41, 5.74) is 2.78. The van der Waals surface area contributed by atoms with Crippen LogP contribution in [0.1, 0.15) is 48.5 Å². The first-order valence-electron chi connectivity index (χ1n) is 6.61. The predicted molar refractivity (Wildman–Crippen MR) is 69.2 cm³/mol. The summed E-state index contributed by atoms with van der Waals surface area (Å²) in [5.74, 6) is 1.27. The number of rotatable bonds is 1. The van der Waals surface area contributed by atoms with E-state index in [9.17, 15) is 5.11 Å². The molecule has 0 amide bonds. The molecule has 0 saturated heterocycles. The van der Waals surface area contributed by atoms with Crippen LogP contribution in [0.15, 0.2) is 6.07 Å². The molecule has 0 aromatic heterocycles. The smallest absolute Gasteiger partial charge is 0.126 e. The molecular weight excluding hydrogens is 228 g/mol. The Morgan fingerprint density at radius 3 is 2.67 bits per heavy atom. The Labute approximate surface area is 108 Å². The van der Waals surface area contributed by atoms with E-state index in [4.69, 9.17) is 9.47 Å². The zero-order valence-electron chi connectivity index (χ0n) is 11.2. The van der Waals surface area contributed by atoms with Crippen molar-refractivity contribution in [3.8, 4) is 11.5 Å². The molecule has 18 heavy (non-hydrogen) atoms. The maximum absolute atomic E-state index is 10.1. The summed E-state index contributed by atoms with van der Waals surface area (Å²) in [6.07, 6.45) is 4.42. The van der Waals surface area contributed by atoms with Gasteiger partial charge in [0.25, 0.3) is 0 Å². The number of hydrogen-bond donors (Lipinski definition) is 1. The van der Waals surface area contributed by atoms with Gasteiger partial charge in [0.1, 0.15) is 17.1 Å². The molecule has 1 saturated carbocycles. The first-order valence-corrected chi connectivity index (χ1v) is 6.61. The second kappa shape index (κ2) is 3.89. The molecule has 1 spiro atoms. The van der Waals surface area contributed by atoms with Crippen LogP contribution in [0.3, 0.4) is 0 Å². The summed E-state index contributed by atoms with van der Waals surface area (Å²) in [7, 11) is 1.74. The van der Waals surface area contributed by atoms with Crippen molar-refractivity contribution in [1.82, 2.24) is 0 Å². The highest BCUT2D eigenvalue weighted by Gasteiger charge is 2.46. The highest BCUT2D eigenvalue weighted by Crippen LogP contribution is 2.52. The fourth-order valence-corrected chi connectivity index (χ4v) is 3.23. The van der Waals surface area contributed by atoms with E-state index < -0.39 is 0 Å². The predicted octanol–water partition coefficient (Wildman–Crippen LogP) is 3.40. The molecule has 1 aromatic carbocycles.